The van der Waals surface area contributed by atoms with Gasteiger partial charge in [-0.05, 0) is 54.4 Å². The summed E-state index contributed by atoms with van der Waals surface area (Å²) in [6.45, 7) is 3.85. The van der Waals surface area contributed by atoms with Crippen molar-refractivity contribution < 1.29 is 14.4 Å². The van der Waals surface area contributed by atoms with Gasteiger partial charge in [-0.2, -0.15) is 0 Å². The maximum absolute atomic E-state index is 13.0. The minimum Gasteiger partial charge on any atom is -0.326 e. The van der Waals surface area contributed by atoms with Crippen LogP contribution in [0.4, 0.5) is 5.69 Å². The summed E-state index contributed by atoms with van der Waals surface area (Å²) in [5.41, 5.74) is 9.29. The molecule has 0 aliphatic rings. The first-order valence-corrected chi connectivity index (χ1v) is 11.6. The Balaban J connectivity index is 1.48. The zero-order chi connectivity index (χ0) is 25.2. The summed E-state index contributed by atoms with van der Waals surface area (Å²) >= 11 is 5.18. The minimum atomic E-state index is -0.568. The molecule has 0 fully saturated rings. The van der Waals surface area contributed by atoms with Gasteiger partial charge in [0.05, 0.1) is 5.92 Å². The van der Waals surface area contributed by atoms with Gasteiger partial charge in [-0.3, -0.25) is 25.2 Å². The lowest BCUT2D eigenvalue weighted by Gasteiger charge is -2.18. The second-order valence-electron chi connectivity index (χ2n) is 8.11. The molecule has 180 valence electrons. The zero-order valence-electron chi connectivity index (χ0n) is 19.6. The van der Waals surface area contributed by atoms with E-state index in [0.717, 1.165) is 27.9 Å². The monoisotopic (exact) mass is 488 g/mol. The average molecular weight is 489 g/mol. The molecule has 3 rings (SSSR count). The van der Waals surface area contributed by atoms with Gasteiger partial charge < -0.3 is 10.6 Å². The molecule has 0 radical (unpaired) electrons. The Kier molecular flexibility index (Phi) is 9.09. The molecule has 4 N–H and O–H groups in total. The van der Waals surface area contributed by atoms with Crippen LogP contribution < -0.4 is 21.5 Å². The van der Waals surface area contributed by atoms with Crippen LogP contribution in [0.3, 0.4) is 0 Å². The third-order valence-electron chi connectivity index (χ3n) is 5.33. The summed E-state index contributed by atoms with van der Waals surface area (Å²) in [7, 11) is 0. The van der Waals surface area contributed by atoms with E-state index in [9.17, 15) is 14.4 Å². The second-order valence-corrected chi connectivity index (χ2v) is 8.52. The number of thiocarbonyl (C=S) groups is 1. The van der Waals surface area contributed by atoms with Crippen molar-refractivity contribution in [3.05, 3.63) is 101 Å². The first kappa shape index (κ1) is 25.6. The normalized spacial score (nSPS) is 10.4. The standard InChI is InChI=1S/C27H28N4O3S/c1-18-13-14-19(2)22(17-18)28-23(32)15-16-24(33)30-31-27(35)29-26(34)25(20-9-5-3-6-10-20)21-11-7-4-8-12-21/h3-14,17,25H,15-16H2,1-2H3,(H,28,32)(H,30,33)(H2,29,31,34,35). The first-order valence-electron chi connectivity index (χ1n) is 11.2. The van der Waals surface area contributed by atoms with E-state index in [-0.39, 0.29) is 29.8 Å². The van der Waals surface area contributed by atoms with Crippen LogP contribution in [0.5, 0.6) is 0 Å². The molecule has 0 aliphatic carbocycles. The maximum atomic E-state index is 13.0. The molecule has 0 aliphatic heterocycles. The molecule has 35 heavy (non-hydrogen) atoms. The smallest absolute Gasteiger partial charge is 0.238 e. The Labute approximate surface area is 210 Å². The van der Waals surface area contributed by atoms with E-state index < -0.39 is 11.8 Å². The maximum Gasteiger partial charge on any atom is 0.238 e. The third kappa shape index (κ3) is 7.75. The van der Waals surface area contributed by atoms with Crippen LogP contribution in [0, 0.1) is 13.8 Å². The minimum absolute atomic E-state index is 0.00407. The zero-order valence-corrected chi connectivity index (χ0v) is 20.4. The van der Waals surface area contributed by atoms with E-state index in [1.165, 1.54) is 0 Å². The van der Waals surface area contributed by atoms with Crippen molar-refractivity contribution in [2.45, 2.75) is 32.6 Å². The van der Waals surface area contributed by atoms with Gasteiger partial charge in [-0.25, -0.2) is 0 Å². The summed E-state index contributed by atoms with van der Waals surface area (Å²) in [5, 5.41) is 5.41. The summed E-state index contributed by atoms with van der Waals surface area (Å²) in [4.78, 5) is 37.4. The lowest BCUT2D eigenvalue weighted by atomic mass is 9.90. The van der Waals surface area contributed by atoms with Crippen molar-refractivity contribution in [1.29, 1.82) is 0 Å². The number of benzene rings is 3. The van der Waals surface area contributed by atoms with Crippen molar-refractivity contribution in [2.75, 3.05) is 5.32 Å². The third-order valence-corrected chi connectivity index (χ3v) is 5.53. The summed E-state index contributed by atoms with van der Waals surface area (Å²) in [5.74, 6) is -1.60. The van der Waals surface area contributed by atoms with Gasteiger partial charge in [0.25, 0.3) is 0 Å². The molecule has 0 bridgehead atoms. The second kappa shape index (κ2) is 12.4. The van der Waals surface area contributed by atoms with Crippen LogP contribution in [-0.4, -0.2) is 22.8 Å². The molecule has 0 heterocycles. The molecule has 0 saturated carbocycles. The van der Waals surface area contributed by atoms with E-state index in [2.05, 4.69) is 21.5 Å². The van der Waals surface area contributed by atoms with Crippen LogP contribution in [0.2, 0.25) is 0 Å². The van der Waals surface area contributed by atoms with Crippen molar-refractivity contribution in [3.8, 4) is 0 Å². The molecule has 8 heteroatoms. The molecule has 3 aromatic rings. The van der Waals surface area contributed by atoms with E-state index in [1.54, 1.807) is 0 Å². The molecular weight excluding hydrogens is 460 g/mol. The fourth-order valence-electron chi connectivity index (χ4n) is 3.50. The molecule has 0 atom stereocenters. The molecule has 0 spiro atoms. The number of hydrogen-bond donors (Lipinski definition) is 4. The van der Waals surface area contributed by atoms with Crippen LogP contribution in [-0.2, 0) is 14.4 Å². The van der Waals surface area contributed by atoms with Gasteiger partial charge in [0.1, 0.15) is 0 Å². The number of hydrogen-bond acceptors (Lipinski definition) is 4. The molecule has 0 aromatic heterocycles. The molecule has 0 unspecified atom stereocenters. The highest BCUT2D eigenvalue weighted by Crippen LogP contribution is 2.24. The molecule has 3 amide bonds. The SMILES string of the molecule is Cc1ccc(C)c(NC(=O)CCC(=O)NNC(=S)NC(=O)C(c2ccccc2)c2ccccc2)c1. The van der Waals surface area contributed by atoms with Crippen molar-refractivity contribution in [2.24, 2.45) is 0 Å². The highest BCUT2D eigenvalue weighted by atomic mass is 32.1. The van der Waals surface area contributed by atoms with Crippen LogP contribution in [0.15, 0.2) is 78.9 Å². The number of amides is 3. The lowest BCUT2D eigenvalue weighted by Crippen LogP contribution is -2.49. The molecular formula is C27H28N4O3S. The Bertz CT molecular complexity index is 1160. The van der Waals surface area contributed by atoms with Crippen molar-refractivity contribution in [1.82, 2.24) is 16.2 Å². The summed E-state index contributed by atoms with van der Waals surface area (Å²) in [6.07, 6.45) is -0.0407. The molecule has 7 nitrogen and oxygen atoms in total. The number of carbonyl (C=O) groups excluding carboxylic acids is 3. The molecule has 0 saturated heterocycles. The Hall–Kier alpha value is -4.04. The Morgan fingerprint density at radius 1 is 0.771 bits per heavy atom. The fourth-order valence-corrected chi connectivity index (χ4v) is 3.65. The van der Waals surface area contributed by atoms with E-state index >= 15 is 0 Å². The number of hydrazine groups is 1. The van der Waals surface area contributed by atoms with Gasteiger partial charge in [0, 0.05) is 18.5 Å². The number of carbonyl (C=O) groups is 3. The van der Waals surface area contributed by atoms with Gasteiger partial charge >= 0.3 is 0 Å². The number of nitrogens with one attached hydrogen (secondary N) is 4. The quantitative estimate of drug-likeness (QED) is 0.299. The van der Waals surface area contributed by atoms with Crippen molar-refractivity contribution >= 4 is 40.7 Å². The van der Waals surface area contributed by atoms with Crippen LogP contribution in [0.25, 0.3) is 0 Å². The van der Waals surface area contributed by atoms with E-state index in [0.29, 0.717) is 0 Å². The first-order chi connectivity index (χ1) is 16.8. The van der Waals surface area contributed by atoms with Gasteiger partial charge in [-0.1, -0.05) is 72.8 Å². The van der Waals surface area contributed by atoms with Crippen molar-refractivity contribution in [3.63, 3.8) is 0 Å². The van der Waals surface area contributed by atoms with Crippen LogP contribution >= 0.6 is 12.2 Å². The van der Waals surface area contributed by atoms with Gasteiger partial charge in [-0.15, -0.1) is 0 Å². The Morgan fingerprint density at radius 2 is 1.34 bits per heavy atom. The molecule has 3 aromatic carbocycles. The predicted octanol–water partition coefficient (Wildman–Crippen LogP) is 3.88. The lowest BCUT2D eigenvalue weighted by molar-refractivity contribution is -0.124. The average Bonchev–Trinajstić information content (AvgIpc) is 2.85. The number of rotatable bonds is 7. The topological polar surface area (TPSA) is 99.3 Å². The number of anilines is 1. The van der Waals surface area contributed by atoms with E-state index in [4.69, 9.17) is 12.2 Å². The van der Waals surface area contributed by atoms with Crippen LogP contribution in [0.1, 0.15) is 41.0 Å². The highest BCUT2D eigenvalue weighted by molar-refractivity contribution is 7.80. The van der Waals surface area contributed by atoms with Gasteiger partial charge in [0.15, 0.2) is 5.11 Å². The summed E-state index contributed by atoms with van der Waals surface area (Å²) < 4.78 is 0. The predicted molar refractivity (Wildman–Crippen MR) is 141 cm³/mol. The Morgan fingerprint density at radius 3 is 1.94 bits per heavy atom. The van der Waals surface area contributed by atoms with E-state index in [1.807, 2.05) is 92.7 Å². The van der Waals surface area contributed by atoms with Gasteiger partial charge in [0.2, 0.25) is 17.7 Å². The highest BCUT2D eigenvalue weighted by Gasteiger charge is 2.23. The number of aryl methyl sites for hydroxylation is 2. The fraction of sp³-hybridized carbons (Fsp3) is 0.185. The largest absolute Gasteiger partial charge is 0.326 e. The summed E-state index contributed by atoms with van der Waals surface area (Å²) in [6, 6.07) is 24.5.